The zero-order valence-corrected chi connectivity index (χ0v) is 35.9. The Morgan fingerprint density at radius 1 is 0.542 bits per heavy atom. The van der Waals surface area contributed by atoms with Gasteiger partial charge in [-0.25, -0.2) is 0 Å². The Morgan fingerprint density at radius 2 is 1.10 bits per heavy atom. The van der Waals surface area contributed by atoms with Crippen molar-refractivity contribution in [1.29, 1.82) is 0 Å². The molecule has 9 rings (SSSR count). The molecule has 4 heterocycles. The van der Waals surface area contributed by atoms with Gasteiger partial charge in [-0.2, -0.15) is 8.75 Å². The fourth-order valence-corrected chi connectivity index (χ4v) is 10.3. The van der Waals surface area contributed by atoms with Crippen LogP contribution in [0.3, 0.4) is 0 Å². The SMILES string of the molecule is CCOCCOc1ccc(C2(c3ccc(OCCOCC)cc3)Oc3cc(C)ccc3-c3ccc(-c4ccc(-c5ccc(-c6ccc(C)s6)c6nsnc56)s4)cc32)cc1. The van der Waals surface area contributed by atoms with E-state index in [9.17, 15) is 0 Å². The number of aromatic nitrogens is 2. The van der Waals surface area contributed by atoms with Crippen LogP contribution in [0.4, 0.5) is 0 Å². The fourth-order valence-electron chi connectivity index (χ4n) is 7.75. The first-order chi connectivity index (χ1) is 28.9. The number of fused-ring (bicyclic) bond motifs is 4. The van der Waals surface area contributed by atoms with Gasteiger partial charge in [-0.3, -0.25) is 0 Å². The zero-order chi connectivity index (χ0) is 40.3. The van der Waals surface area contributed by atoms with Gasteiger partial charge in [-0.1, -0.05) is 60.7 Å². The summed E-state index contributed by atoms with van der Waals surface area (Å²) in [5.41, 5.74) is 10.5. The minimum atomic E-state index is -1.01. The van der Waals surface area contributed by atoms with Gasteiger partial charge >= 0.3 is 0 Å². The van der Waals surface area contributed by atoms with Gasteiger partial charge in [-0.05, 0) is 105 Å². The smallest absolute Gasteiger partial charge is 0.185 e. The van der Waals surface area contributed by atoms with E-state index in [0.29, 0.717) is 39.6 Å². The van der Waals surface area contributed by atoms with Crippen molar-refractivity contribution >= 4 is 45.4 Å². The lowest BCUT2D eigenvalue weighted by Crippen LogP contribution is -2.38. The van der Waals surface area contributed by atoms with Gasteiger partial charge in [0.15, 0.2) is 5.60 Å². The quantitative estimate of drug-likeness (QED) is 0.0952. The lowest BCUT2D eigenvalue weighted by atomic mass is 9.74. The van der Waals surface area contributed by atoms with E-state index in [0.717, 1.165) is 88.1 Å². The van der Waals surface area contributed by atoms with Gasteiger partial charge in [-0.15, -0.1) is 22.7 Å². The molecule has 0 fully saturated rings. The number of hydrogen-bond donors (Lipinski definition) is 0. The van der Waals surface area contributed by atoms with Crippen LogP contribution in [-0.4, -0.2) is 48.4 Å². The maximum atomic E-state index is 7.43. The Balaban J connectivity index is 1.15. The van der Waals surface area contributed by atoms with Gasteiger partial charge in [0.1, 0.15) is 41.5 Å². The number of nitrogens with zero attached hydrogens (tertiary/aromatic N) is 2. The third-order valence-corrected chi connectivity index (χ3v) is 13.3. The van der Waals surface area contributed by atoms with Gasteiger partial charge in [0.25, 0.3) is 0 Å². The molecule has 0 atom stereocenters. The third-order valence-electron chi connectivity index (χ3n) is 10.6. The third kappa shape index (κ3) is 7.67. The Bertz CT molecular complexity index is 2660. The largest absolute Gasteiger partial charge is 0.491 e. The highest BCUT2D eigenvalue weighted by atomic mass is 32.1. The van der Waals surface area contributed by atoms with Crippen LogP contribution in [0.5, 0.6) is 17.2 Å². The van der Waals surface area contributed by atoms with Crippen molar-refractivity contribution in [2.45, 2.75) is 33.3 Å². The summed E-state index contributed by atoms with van der Waals surface area (Å²) in [4.78, 5) is 4.78. The predicted molar refractivity (Wildman–Crippen MR) is 242 cm³/mol. The summed E-state index contributed by atoms with van der Waals surface area (Å²) in [6.45, 7) is 11.5. The van der Waals surface area contributed by atoms with Crippen LogP contribution in [0.25, 0.3) is 53.5 Å². The highest BCUT2D eigenvalue weighted by molar-refractivity contribution is 7.19. The van der Waals surface area contributed by atoms with Crippen LogP contribution >= 0.6 is 34.4 Å². The lowest BCUT2D eigenvalue weighted by molar-refractivity contribution is 0.110. The number of ether oxygens (including phenoxy) is 5. The van der Waals surface area contributed by atoms with Crippen molar-refractivity contribution in [3.8, 4) is 59.7 Å². The van der Waals surface area contributed by atoms with Crippen LogP contribution < -0.4 is 14.2 Å². The monoisotopic (exact) mass is 836 g/mol. The molecular weight excluding hydrogens is 793 g/mol. The van der Waals surface area contributed by atoms with E-state index in [-0.39, 0.29) is 0 Å². The van der Waals surface area contributed by atoms with Gasteiger partial charge < -0.3 is 23.7 Å². The fraction of sp³-hybridized carbons (Fsp3) is 0.224. The number of hydrogen-bond acceptors (Lipinski definition) is 10. The van der Waals surface area contributed by atoms with Crippen LogP contribution in [0.1, 0.15) is 41.0 Å². The zero-order valence-electron chi connectivity index (χ0n) is 33.5. The normalized spacial score (nSPS) is 12.9. The highest BCUT2D eigenvalue weighted by Gasteiger charge is 2.45. The van der Waals surface area contributed by atoms with Crippen LogP contribution in [0, 0.1) is 13.8 Å². The molecule has 298 valence electrons. The van der Waals surface area contributed by atoms with E-state index in [1.165, 1.54) is 21.5 Å². The van der Waals surface area contributed by atoms with Crippen molar-refractivity contribution in [1.82, 2.24) is 8.75 Å². The molecule has 10 heteroatoms. The second-order valence-corrected chi connectivity index (χ2v) is 17.3. The van der Waals surface area contributed by atoms with E-state index >= 15 is 0 Å². The van der Waals surface area contributed by atoms with Gasteiger partial charge in [0.2, 0.25) is 0 Å². The molecule has 0 N–H and O–H groups in total. The van der Waals surface area contributed by atoms with Crippen LogP contribution in [-0.2, 0) is 15.1 Å². The summed E-state index contributed by atoms with van der Waals surface area (Å²) < 4.78 is 40.2. The van der Waals surface area contributed by atoms with E-state index < -0.39 is 5.60 Å². The standard InChI is InChI=1S/C49H44N2O5S3/c1-5-52-25-27-54-36-14-10-34(11-15-36)49(35-12-16-37(17-13-35)55-28-26-53-6-2)42-30-33(9-19-38(42)39-18-7-31(3)29-43(39)56-49)44-23-24-46(58-44)41-21-20-40(45-22-8-32(4)57-45)47-48(41)51-59-50-47/h7-24,29-30H,5-6,25-28H2,1-4H3. The molecule has 0 radical (unpaired) electrons. The molecule has 5 aromatic carbocycles. The number of benzene rings is 5. The predicted octanol–water partition coefficient (Wildman–Crippen LogP) is 12.6. The van der Waals surface area contributed by atoms with Gasteiger partial charge in [0.05, 0.1) is 24.9 Å². The summed E-state index contributed by atoms with van der Waals surface area (Å²) in [5, 5.41) is 0. The molecular formula is C49H44N2O5S3. The molecule has 0 unspecified atom stereocenters. The second-order valence-electron chi connectivity index (χ2n) is 14.4. The van der Waals surface area contributed by atoms with E-state index in [2.05, 4.69) is 111 Å². The Morgan fingerprint density at radius 3 is 1.69 bits per heavy atom. The van der Waals surface area contributed by atoms with Crippen molar-refractivity contribution in [3.63, 3.8) is 0 Å². The van der Waals surface area contributed by atoms with Crippen molar-refractivity contribution in [2.24, 2.45) is 0 Å². The number of rotatable bonds is 15. The Hall–Kier alpha value is -5.36. The average Bonchev–Trinajstić information content (AvgIpc) is 4.06. The average molecular weight is 837 g/mol. The molecule has 0 saturated carbocycles. The minimum Gasteiger partial charge on any atom is -0.491 e. The molecule has 1 aliphatic rings. The van der Waals surface area contributed by atoms with Crippen LogP contribution in [0.15, 0.2) is 121 Å². The van der Waals surface area contributed by atoms with E-state index in [4.69, 9.17) is 32.4 Å². The van der Waals surface area contributed by atoms with E-state index in [1.54, 1.807) is 22.7 Å². The number of thiophene rings is 2. The first kappa shape index (κ1) is 39.1. The molecule has 8 aromatic rings. The maximum Gasteiger partial charge on any atom is 0.185 e. The minimum absolute atomic E-state index is 0.476. The van der Waals surface area contributed by atoms with E-state index in [1.807, 2.05) is 38.1 Å². The first-order valence-corrected chi connectivity index (χ1v) is 22.3. The molecule has 1 aliphatic heterocycles. The van der Waals surface area contributed by atoms with Crippen molar-refractivity contribution < 1.29 is 23.7 Å². The molecule has 0 amide bonds. The molecule has 0 aliphatic carbocycles. The summed E-state index contributed by atoms with van der Waals surface area (Å²) in [6.07, 6.45) is 0. The molecule has 3 aromatic heterocycles. The van der Waals surface area contributed by atoms with Crippen molar-refractivity contribution in [3.05, 3.63) is 148 Å². The topological polar surface area (TPSA) is 71.9 Å². The second kappa shape index (κ2) is 17.1. The molecule has 0 spiro atoms. The Labute approximate surface area is 357 Å². The van der Waals surface area contributed by atoms with Crippen molar-refractivity contribution in [2.75, 3.05) is 39.6 Å². The lowest BCUT2D eigenvalue weighted by Gasteiger charge is -2.41. The maximum absolute atomic E-state index is 7.43. The molecule has 0 bridgehead atoms. The summed E-state index contributed by atoms with van der Waals surface area (Å²) in [7, 11) is 0. The van der Waals surface area contributed by atoms with Crippen LogP contribution in [0.2, 0.25) is 0 Å². The Kier molecular flexibility index (Phi) is 11.3. The summed E-state index contributed by atoms with van der Waals surface area (Å²) >= 11 is 4.82. The molecule has 59 heavy (non-hydrogen) atoms. The highest BCUT2D eigenvalue weighted by Crippen LogP contribution is 2.53. The first-order valence-electron chi connectivity index (χ1n) is 19.9. The molecule has 7 nitrogen and oxygen atoms in total. The van der Waals surface area contributed by atoms with Gasteiger partial charge in [0, 0.05) is 66.1 Å². The number of aryl methyl sites for hydroxylation is 2. The molecule has 0 saturated heterocycles. The summed E-state index contributed by atoms with van der Waals surface area (Å²) in [6, 6.07) is 43.0. The summed E-state index contributed by atoms with van der Waals surface area (Å²) in [5.74, 6) is 2.38.